The van der Waals surface area contributed by atoms with Crippen LogP contribution in [-0.4, -0.2) is 20.9 Å². The lowest BCUT2D eigenvalue weighted by Crippen LogP contribution is -2.31. The minimum absolute atomic E-state index is 0.00900. The number of anilines is 2. The maximum atomic E-state index is 13.4. The summed E-state index contributed by atoms with van der Waals surface area (Å²) in [5, 5.41) is 12.2. The maximum absolute atomic E-state index is 13.4. The molecule has 9 heteroatoms. The summed E-state index contributed by atoms with van der Waals surface area (Å²) in [6.07, 6.45) is 1.46. The highest BCUT2D eigenvalue weighted by Gasteiger charge is 2.26. The summed E-state index contributed by atoms with van der Waals surface area (Å²) in [4.78, 5) is 12.7. The molecule has 3 aromatic rings. The number of nitriles is 1. The van der Waals surface area contributed by atoms with Crippen LogP contribution in [0.4, 0.5) is 11.4 Å². The zero-order valence-corrected chi connectivity index (χ0v) is 19.0. The fourth-order valence-corrected chi connectivity index (χ4v) is 4.69. The van der Waals surface area contributed by atoms with Crippen LogP contribution in [0.2, 0.25) is 10.0 Å². The van der Waals surface area contributed by atoms with Gasteiger partial charge in [-0.3, -0.25) is 9.10 Å². The van der Waals surface area contributed by atoms with Gasteiger partial charge in [0.25, 0.3) is 15.9 Å². The first kappa shape index (κ1) is 23.4. The normalized spacial score (nSPS) is 10.8. The number of carbonyl (C=O) groups excluding carboxylic acids is 1. The molecule has 1 amide bonds. The van der Waals surface area contributed by atoms with E-state index in [9.17, 15) is 13.2 Å². The van der Waals surface area contributed by atoms with E-state index < -0.39 is 15.9 Å². The van der Waals surface area contributed by atoms with Gasteiger partial charge in [0, 0.05) is 10.7 Å². The fraction of sp³-hybridized carbons (Fsp3) is 0.0435. The van der Waals surface area contributed by atoms with Crippen molar-refractivity contribution in [3.8, 4) is 6.07 Å². The number of amides is 1. The Labute approximate surface area is 196 Å². The molecular formula is C23H17Cl2N3O3S. The van der Waals surface area contributed by atoms with Crippen LogP contribution >= 0.6 is 23.2 Å². The number of hydrogen-bond donors (Lipinski definition) is 1. The van der Waals surface area contributed by atoms with Crippen LogP contribution in [0.25, 0.3) is 0 Å². The molecule has 6 nitrogen and oxygen atoms in total. The predicted molar refractivity (Wildman–Crippen MR) is 127 cm³/mol. The van der Waals surface area contributed by atoms with Crippen molar-refractivity contribution < 1.29 is 13.2 Å². The van der Waals surface area contributed by atoms with Crippen molar-refractivity contribution in [1.29, 1.82) is 5.26 Å². The van der Waals surface area contributed by atoms with Crippen LogP contribution in [-0.2, 0) is 10.0 Å². The minimum atomic E-state index is -4.05. The highest BCUT2D eigenvalue weighted by Crippen LogP contribution is 2.28. The summed E-state index contributed by atoms with van der Waals surface area (Å²) in [5.74, 6) is -0.607. The summed E-state index contributed by atoms with van der Waals surface area (Å²) in [6.45, 7) is 3.64. The topological polar surface area (TPSA) is 90.3 Å². The fourth-order valence-electron chi connectivity index (χ4n) is 2.90. The second kappa shape index (κ2) is 9.88. The first-order valence-corrected chi connectivity index (χ1v) is 11.5. The van der Waals surface area contributed by atoms with Crippen LogP contribution < -0.4 is 9.62 Å². The summed E-state index contributed by atoms with van der Waals surface area (Å²) >= 11 is 12.1. The smallest absolute Gasteiger partial charge is 0.264 e. The van der Waals surface area contributed by atoms with Crippen molar-refractivity contribution in [2.24, 2.45) is 0 Å². The molecule has 0 fully saturated rings. The Morgan fingerprint density at radius 2 is 1.81 bits per heavy atom. The standard InChI is InChI=1S/C23H17Cl2N3O3S/c1-2-12-28(19-8-6-17(24)7-9-19)32(30,31)20-10-11-22(25)21(14-20)23(29)27-18-5-3-4-16(13-18)15-26/h2-11,13-14H,1,12H2,(H,27,29). The van der Waals surface area contributed by atoms with Gasteiger partial charge in [-0.15, -0.1) is 6.58 Å². The van der Waals surface area contributed by atoms with Gasteiger partial charge in [0.15, 0.2) is 0 Å². The van der Waals surface area contributed by atoms with E-state index in [0.717, 1.165) is 4.31 Å². The van der Waals surface area contributed by atoms with Gasteiger partial charge in [-0.05, 0) is 60.7 Å². The summed E-state index contributed by atoms with van der Waals surface area (Å²) in [5.41, 5.74) is 1.12. The molecule has 0 bridgehead atoms. The molecule has 0 heterocycles. The molecule has 0 radical (unpaired) electrons. The van der Waals surface area contributed by atoms with Crippen molar-refractivity contribution in [2.75, 3.05) is 16.2 Å². The lowest BCUT2D eigenvalue weighted by molar-refractivity contribution is 0.102. The number of carbonyl (C=O) groups is 1. The Balaban J connectivity index is 1.98. The van der Waals surface area contributed by atoms with Gasteiger partial charge in [-0.2, -0.15) is 5.26 Å². The molecule has 3 aromatic carbocycles. The SMILES string of the molecule is C=CCN(c1ccc(Cl)cc1)S(=O)(=O)c1ccc(Cl)c(C(=O)Nc2cccc(C#N)c2)c1. The van der Waals surface area contributed by atoms with Crippen LogP contribution in [0.1, 0.15) is 15.9 Å². The number of sulfonamides is 1. The molecule has 0 aliphatic carbocycles. The van der Waals surface area contributed by atoms with E-state index >= 15 is 0 Å². The Morgan fingerprint density at radius 3 is 2.47 bits per heavy atom. The molecule has 0 unspecified atom stereocenters. The summed E-state index contributed by atoms with van der Waals surface area (Å²) in [7, 11) is -4.05. The van der Waals surface area contributed by atoms with Gasteiger partial charge < -0.3 is 5.32 Å². The number of rotatable bonds is 7. The molecule has 0 aliphatic heterocycles. The zero-order valence-electron chi connectivity index (χ0n) is 16.6. The van der Waals surface area contributed by atoms with Crippen molar-refractivity contribution in [1.82, 2.24) is 0 Å². The Morgan fingerprint density at radius 1 is 1.09 bits per heavy atom. The van der Waals surface area contributed by atoms with Gasteiger partial charge in [0.2, 0.25) is 0 Å². The first-order valence-electron chi connectivity index (χ1n) is 9.26. The van der Waals surface area contributed by atoms with Crippen molar-refractivity contribution in [3.05, 3.63) is 101 Å². The van der Waals surface area contributed by atoms with Gasteiger partial charge in [-0.25, -0.2) is 8.42 Å². The second-order valence-corrected chi connectivity index (χ2v) is 9.30. The highest BCUT2D eigenvalue weighted by molar-refractivity contribution is 7.92. The second-order valence-electron chi connectivity index (χ2n) is 6.59. The number of hydrogen-bond acceptors (Lipinski definition) is 4. The van der Waals surface area contributed by atoms with Crippen molar-refractivity contribution >= 4 is 50.5 Å². The van der Waals surface area contributed by atoms with Crippen LogP contribution in [0, 0.1) is 11.3 Å². The quantitative estimate of drug-likeness (QED) is 0.447. The van der Waals surface area contributed by atoms with Gasteiger partial charge >= 0.3 is 0 Å². The number of nitrogens with one attached hydrogen (secondary N) is 1. The van der Waals surface area contributed by atoms with E-state index in [2.05, 4.69) is 11.9 Å². The van der Waals surface area contributed by atoms with E-state index in [-0.39, 0.29) is 22.0 Å². The third-order valence-corrected chi connectivity index (χ3v) is 6.80. The highest BCUT2D eigenvalue weighted by atomic mass is 35.5. The van der Waals surface area contributed by atoms with Crippen LogP contribution in [0.15, 0.2) is 84.3 Å². The number of halogens is 2. The van der Waals surface area contributed by atoms with E-state index in [0.29, 0.717) is 22.0 Å². The Hall–Kier alpha value is -3.31. The van der Waals surface area contributed by atoms with Crippen LogP contribution in [0.3, 0.4) is 0 Å². The molecule has 0 atom stereocenters. The predicted octanol–water partition coefficient (Wildman–Crippen LogP) is 5.50. The van der Waals surface area contributed by atoms with Crippen molar-refractivity contribution in [3.63, 3.8) is 0 Å². The molecular weight excluding hydrogens is 469 g/mol. The molecule has 0 saturated heterocycles. The molecule has 32 heavy (non-hydrogen) atoms. The Bertz CT molecular complexity index is 1320. The molecule has 162 valence electrons. The van der Waals surface area contributed by atoms with Gasteiger partial charge in [0.05, 0.1) is 39.3 Å². The van der Waals surface area contributed by atoms with E-state index in [1.807, 2.05) is 6.07 Å². The largest absolute Gasteiger partial charge is 0.322 e. The molecule has 0 spiro atoms. The van der Waals surface area contributed by atoms with E-state index in [1.165, 1.54) is 30.3 Å². The minimum Gasteiger partial charge on any atom is -0.322 e. The number of nitrogens with zero attached hydrogens (tertiary/aromatic N) is 2. The lowest BCUT2D eigenvalue weighted by Gasteiger charge is -2.23. The molecule has 0 aromatic heterocycles. The third kappa shape index (κ3) is 5.11. The average molecular weight is 486 g/mol. The van der Waals surface area contributed by atoms with E-state index in [1.54, 1.807) is 42.5 Å². The van der Waals surface area contributed by atoms with Crippen molar-refractivity contribution in [2.45, 2.75) is 4.90 Å². The van der Waals surface area contributed by atoms with Gasteiger partial charge in [0.1, 0.15) is 0 Å². The number of benzene rings is 3. The summed E-state index contributed by atoms with van der Waals surface area (Å²) in [6, 6.07) is 18.5. The van der Waals surface area contributed by atoms with Gasteiger partial charge in [-0.1, -0.05) is 35.3 Å². The van der Waals surface area contributed by atoms with Crippen LogP contribution in [0.5, 0.6) is 0 Å². The molecule has 1 N–H and O–H groups in total. The zero-order chi connectivity index (χ0) is 23.3. The first-order chi connectivity index (χ1) is 15.3. The monoisotopic (exact) mass is 485 g/mol. The molecule has 0 saturated carbocycles. The molecule has 3 rings (SSSR count). The summed E-state index contributed by atoms with van der Waals surface area (Å²) < 4.78 is 27.9. The third-order valence-electron chi connectivity index (χ3n) is 4.43. The lowest BCUT2D eigenvalue weighted by atomic mass is 10.2. The Kier molecular flexibility index (Phi) is 7.21. The molecule has 0 aliphatic rings. The maximum Gasteiger partial charge on any atom is 0.264 e. The average Bonchev–Trinajstić information content (AvgIpc) is 2.78. The van der Waals surface area contributed by atoms with E-state index in [4.69, 9.17) is 28.5 Å².